The third-order valence-electron chi connectivity index (χ3n) is 4.44. The fourth-order valence-electron chi connectivity index (χ4n) is 3.21. The predicted molar refractivity (Wildman–Crippen MR) is 114 cm³/mol. The first-order chi connectivity index (χ1) is 13.5. The molecule has 0 amide bonds. The van der Waals surface area contributed by atoms with Crippen LogP contribution in [0, 0.1) is 0 Å². The van der Waals surface area contributed by atoms with Crippen LogP contribution < -0.4 is 0 Å². The van der Waals surface area contributed by atoms with Crippen LogP contribution in [0.2, 0.25) is 20.1 Å². The van der Waals surface area contributed by atoms with Crippen molar-refractivity contribution in [3.05, 3.63) is 91.4 Å². The molecule has 0 fully saturated rings. The maximum atomic E-state index is 13.0. The molecule has 3 aromatic rings. The van der Waals surface area contributed by atoms with Crippen LogP contribution in [0.4, 0.5) is 0 Å². The maximum Gasteiger partial charge on any atom is 0.283 e. The van der Waals surface area contributed by atoms with Gasteiger partial charge in [0.15, 0.2) is 10.5 Å². The third kappa shape index (κ3) is 3.44. The summed E-state index contributed by atoms with van der Waals surface area (Å²) in [5.41, 5.74) is -0.648. The normalized spacial score (nSPS) is 12.2. The summed E-state index contributed by atoms with van der Waals surface area (Å²) in [5.74, 6) is -1.47. The summed E-state index contributed by atoms with van der Waals surface area (Å²) in [5, 5.41) is 19.6. The van der Waals surface area contributed by atoms with Crippen molar-refractivity contribution in [1.82, 2.24) is 0 Å². The average Bonchev–Trinajstić information content (AvgIpc) is 2.66. The van der Waals surface area contributed by atoms with Gasteiger partial charge in [0, 0.05) is 26.7 Å². The molecule has 29 heavy (non-hydrogen) atoms. The van der Waals surface area contributed by atoms with Crippen molar-refractivity contribution in [3.8, 4) is 11.5 Å². The van der Waals surface area contributed by atoms with Gasteiger partial charge in [0.2, 0.25) is 0 Å². The highest BCUT2D eigenvalue weighted by molar-refractivity contribution is 7.87. The van der Waals surface area contributed by atoms with Crippen molar-refractivity contribution in [2.45, 2.75) is 4.75 Å². The zero-order valence-corrected chi connectivity index (χ0v) is 18.1. The molecule has 3 rings (SSSR count). The Morgan fingerprint density at radius 2 is 1.14 bits per heavy atom. The summed E-state index contributed by atoms with van der Waals surface area (Å²) < 4.78 is 34.0. The summed E-state index contributed by atoms with van der Waals surface area (Å²) in [6.07, 6.45) is 0. The summed E-state index contributed by atoms with van der Waals surface area (Å²) >= 11 is 24.6. The minimum absolute atomic E-state index is 0.0373. The SMILES string of the molecule is O=S(=O)(O)C(c1ccccc1Cl)(c1ccccc1Cl)c1cc(Cl)c(O)c(Cl)c1O. The van der Waals surface area contributed by atoms with Crippen LogP contribution in [0.1, 0.15) is 16.7 Å². The Morgan fingerprint density at radius 1 is 0.690 bits per heavy atom. The Kier molecular flexibility index (Phi) is 5.98. The first kappa shape index (κ1) is 22.0. The maximum absolute atomic E-state index is 13.0. The second kappa shape index (κ2) is 7.87. The molecule has 0 aliphatic heterocycles. The van der Waals surface area contributed by atoms with E-state index >= 15 is 0 Å². The molecule has 0 saturated heterocycles. The molecule has 0 saturated carbocycles. The van der Waals surface area contributed by atoms with E-state index in [1.54, 1.807) is 12.1 Å². The zero-order chi connectivity index (χ0) is 21.6. The Labute approximate surface area is 186 Å². The second-order valence-electron chi connectivity index (χ2n) is 6.03. The smallest absolute Gasteiger partial charge is 0.283 e. The number of hydrogen-bond donors (Lipinski definition) is 3. The van der Waals surface area contributed by atoms with Crippen LogP contribution in [0.3, 0.4) is 0 Å². The van der Waals surface area contributed by atoms with E-state index in [0.29, 0.717) is 0 Å². The Morgan fingerprint density at radius 3 is 1.55 bits per heavy atom. The molecule has 0 radical (unpaired) electrons. The standard InChI is InChI=1S/C19H12Cl4O5S/c20-13-7-3-1-5-10(13)19(29(26,27)28,11-6-2-4-8-14(11)21)12-9-15(22)18(25)16(23)17(12)24/h1-9,24-25H,(H,26,27,28). The molecule has 0 bridgehead atoms. The van der Waals surface area contributed by atoms with Crippen molar-refractivity contribution in [2.75, 3.05) is 0 Å². The molecule has 0 atom stereocenters. The highest BCUT2D eigenvalue weighted by Crippen LogP contribution is 2.54. The van der Waals surface area contributed by atoms with E-state index in [4.69, 9.17) is 46.4 Å². The van der Waals surface area contributed by atoms with Gasteiger partial charge in [-0.05, 0) is 18.2 Å². The van der Waals surface area contributed by atoms with Gasteiger partial charge in [-0.2, -0.15) is 8.42 Å². The van der Waals surface area contributed by atoms with Crippen LogP contribution in [-0.2, 0) is 14.9 Å². The van der Waals surface area contributed by atoms with Gasteiger partial charge in [0.05, 0.1) is 5.02 Å². The molecule has 10 heteroatoms. The van der Waals surface area contributed by atoms with Gasteiger partial charge in [0.25, 0.3) is 10.1 Å². The molecule has 0 heterocycles. The molecule has 0 unspecified atom stereocenters. The van der Waals surface area contributed by atoms with Gasteiger partial charge >= 0.3 is 0 Å². The Balaban J connectivity index is 2.67. The highest BCUT2D eigenvalue weighted by atomic mass is 35.5. The lowest BCUT2D eigenvalue weighted by molar-refractivity contribution is 0.431. The number of phenols is 2. The van der Waals surface area contributed by atoms with E-state index in [9.17, 15) is 23.2 Å². The Bertz CT molecular complexity index is 1170. The fourth-order valence-corrected chi connectivity index (χ4v) is 5.68. The van der Waals surface area contributed by atoms with Gasteiger partial charge in [-0.25, -0.2) is 0 Å². The lowest BCUT2D eigenvalue weighted by Gasteiger charge is -2.34. The van der Waals surface area contributed by atoms with Crippen molar-refractivity contribution >= 4 is 56.5 Å². The van der Waals surface area contributed by atoms with E-state index in [0.717, 1.165) is 6.07 Å². The average molecular weight is 494 g/mol. The van der Waals surface area contributed by atoms with Crippen molar-refractivity contribution in [2.24, 2.45) is 0 Å². The lowest BCUT2D eigenvalue weighted by atomic mass is 9.83. The first-order valence-corrected chi connectivity index (χ1v) is 10.9. The van der Waals surface area contributed by atoms with Gasteiger partial charge in [0.1, 0.15) is 10.8 Å². The third-order valence-corrected chi connectivity index (χ3v) is 7.18. The van der Waals surface area contributed by atoms with Gasteiger partial charge in [-0.1, -0.05) is 82.8 Å². The zero-order valence-electron chi connectivity index (χ0n) is 14.3. The molecule has 5 nitrogen and oxygen atoms in total. The summed E-state index contributed by atoms with van der Waals surface area (Å²) in [6, 6.07) is 12.6. The molecule has 0 aromatic heterocycles. The van der Waals surface area contributed by atoms with E-state index in [1.807, 2.05) is 0 Å². The van der Waals surface area contributed by atoms with Crippen molar-refractivity contribution in [3.63, 3.8) is 0 Å². The predicted octanol–water partition coefficient (Wildman–Crippen LogP) is 5.89. The van der Waals surface area contributed by atoms with Crippen LogP contribution in [-0.4, -0.2) is 23.2 Å². The molecule has 3 aromatic carbocycles. The van der Waals surface area contributed by atoms with E-state index in [2.05, 4.69) is 0 Å². The monoisotopic (exact) mass is 492 g/mol. The van der Waals surface area contributed by atoms with Gasteiger partial charge < -0.3 is 10.2 Å². The first-order valence-electron chi connectivity index (χ1n) is 7.91. The number of halogens is 4. The Hall–Kier alpha value is -1.67. The van der Waals surface area contributed by atoms with Crippen molar-refractivity contribution in [1.29, 1.82) is 0 Å². The number of aromatic hydroxyl groups is 2. The summed E-state index contributed by atoms with van der Waals surface area (Å²) in [4.78, 5) is 0. The molecule has 152 valence electrons. The fraction of sp³-hybridized carbons (Fsp3) is 0.0526. The summed E-state index contributed by atoms with van der Waals surface area (Å²) in [7, 11) is -5.13. The molecular formula is C19H12Cl4O5S. The molecule has 0 spiro atoms. The van der Waals surface area contributed by atoms with Gasteiger partial charge in [-0.15, -0.1) is 0 Å². The quantitative estimate of drug-likeness (QED) is 0.311. The van der Waals surface area contributed by atoms with Gasteiger partial charge in [-0.3, -0.25) is 4.55 Å². The van der Waals surface area contributed by atoms with Crippen LogP contribution in [0.25, 0.3) is 0 Å². The van der Waals surface area contributed by atoms with Crippen molar-refractivity contribution < 1.29 is 23.2 Å². The highest BCUT2D eigenvalue weighted by Gasteiger charge is 2.52. The molecule has 0 aliphatic carbocycles. The molecule has 3 N–H and O–H groups in total. The molecular weight excluding hydrogens is 482 g/mol. The number of benzene rings is 3. The van der Waals surface area contributed by atoms with Crippen LogP contribution in [0.15, 0.2) is 54.6 Å². The summed E-state index contributed by atoms with van der Waals surface area (Å²) in [6.45, 7) is 0. The minimum Gasteiger partial charge on any atom is -0.506 e. The number of rotatable bonds is 4. The van der Waals surface area contributed by atoms with E-state index in [1.165, 1.54) is 36.4 Å². The molecule has 0 aliphatic rings. The second-order valence-corrected chi connectivity index (χ2v) is 9.20. The topological polar surface area (TPSA) is 94.8 Å². The largest absolute Gasteiger partial charge is 0.506 e. The van der Waals surface area contributed by atoms with Crippen LogP contribution in [0.5, 0.6) is 11.5 Å². The van der Waals surface area contributed by atoms with E-state index < -0.39 is 37.0 Å². The lowest BCUT2D eigenvalue weighted by Crippen LogP contribution is -2.39. The minimum atomic E-state index is -5.13. The number of phenolic OH excluding ortho intramolecular Hbond substituents is 2. The van der Waals surface area contributed by atoms with Crippen LogP contribution >= 0.6 is 46.4 Å². The number of hydrogen-bond acceptors (Lipinski definition) is 4. The van der Waals surface area contributed by atoms with E-state index in [-0.39, 0.29) is 26.2 Å².